The van der Waals surface area contributed by atoms with Crippen LogP contribution < -0.4 is 5.32 Å². The molecule has 2 aliphatic heterocycles. The van der Waals surface area contributed by atoms with E-state index >= 15 is 0 Å². The van der Waals surface area contributed by atoms with Crippen molar-refractivity contribution in [2.45, 2.75) is 44.6 Å². The number of fused-ring (bicyclic) bond motifs is 1. The maximum Gasteiger partial charge on any atom is 0.227 e. The van der Waals surface area contributed by atoms with Crippen LogP contribution in [0.4, 0.5) is 11.6 Å². The van der Waals surface area contributed by atoms with Crippen LogP contribution in [0.1, 0.15) is 44.6 Å². The molecule has 1 N–H and O–H groups in total. The summed E-state index contributed by atoms with van der Waals surface area (Å²) >= 11 is 13.2. The van der Waals surface area contributed by atoms with E-state index in [1.165, 1.54) is 0 Å². The molecule has 0 amide bonds. The highest BCUT2D eigenvalue weighted by Crippen LogP contribution is 2.38. The van der Waals surface area contributed by atoms with E-state index in [1.54, 1.807) is 17.1 Å². The van der Waals surface area contributed by atoms with Crippen LogP contribution in [-0.4, -0.2) is 56.5 Å². The highest BCUT2D eigenvalue weighted by atomic mass is 35.5. The second kappa shape index (κ2) is 8.87. The fraction of sp³-hybridized carbons (Fsp3) is 0.458. The Labute approximate surface area is 203 Å². The molecule has 9 heteroatoms. The molecule has 2 saturated heterocycles. The van der Waals surface area contributed by atoms with E-state index in [-0.39, 0.29) is 5.54 Å². The van der Waals surface area contributed by atoms with Gasteiger partial charge < -0.3 is 10.1 Å². The molecule has 0 spiro atoms. The highest BCUT2D eigenvalue weighted by molar-refractivity contribution is 6.32. The molecular weight excluding hydrogens is 459 g/mol. The predicted octanol–water partition coefficient (Wildman–Crippen LogP) is 5.73. The number of nitrogens with zero attached hydrogens (tertiary/aromatic N) is 5. The average Bonchev–Trinajstić information content (AvgIpc) is 3.16. The Morgan fingerprint density at radius 2 is 2.00 bits per heavy atom. The SMILES string of the molecule is C=C(CC)n1ncc(Nc2ncc3cc(Cl)c(C4CCN(C5(C)COC5)CC4)cc3n2)c1Cl. The summed E-state index contributed by atoms with van der Waals surface area (Å²) in [7, 11) is 0. The van der Waals surface area contributed by atoms with E-state index in [0.717, 1.165) is 72.8 Å². The number of aromatic nitrogens is 4. The molecule has 33 heavy (non-hydrogen) atoms. The largest absolute Gasteiger partial charge is 0.377 e. The fourth-order valence-electron chi connectivity index (χ4n) is 4.66. The second-order valence-corrected chi connectivity index (χ2v) is 9.95. The zero-order valence-corrected chi connectivity index (χ0v) is 20.5. The molecule has 0 saturated carbocycles. The van der Waals surface area contributed by atoms with Crippen molar-refractivity contribution in [2.24, 2.45) is 0 Å². The summed E-state index contributed by atoms with van der Waals surface area (Å²) in [6, 6.07) is 4.09. The minimum atomic E-state index is 0.199. The van der Waals surface area contributed by atoms with E-state index in [0.29, 0.717) is 22.7 Å². The van der Waals surface area contributed by atoms with Crippen LogP contribution in [0.3, 0.4) is 0 Å². The first kappa shape index (κ1) is 22.6. The zero-order valence-electron chi connectivity index (χ0n) is 18.9. The summed E-state index contributed by atoms with van der Waals surface area (Å²) < 4.78 is 7.07. The van der Waals surface area contributed by atoms with Gasteiger partial charge in [0, 0.05) is 22.3 Å². The first-order chi connectivity index (χ1) is 15.9. The third-order valence-electron chi connectivity index (χ3n) is 6.89. The summed E-state index contributed by atoms with van der Waals surface area (Å²) in [5.74, 6) is 0.883. The zero-order chi connectivity index (χ0) is 23.2. The number of hydrogen-bond acceptors (Lipinski definition) is 6. The Morgan fingerprint density at radius 1 is 1.24 bits per heavy atom. The summed E-state index contributed by atoms with van der Waals surface area (Å²) in [6.45, 7) is 12.1. The molecule has 1 aromatic carbocycles. The van der Waals surface area contributed by atoms with Crippen molar-refractivity contribution in [3.05, 3.63) is 46.8 Å². The van der Waals surface area contributed by atoms with Crippen LogP contribution in [0, 0.1) is 0 Å². The van der Waals surface area contributed by atoms with Gasteiger partial charge in [-0.1, -0.05) is 36.7 Å². The number of anilines is 2. The summed E-state index contributed by atoms with van der Waals surface area (Å²) in [5, 5.41) is 9.64. The smallest absolute Gasteiger partial charge is 0.227 e. The Morgan fingerprint density at radius 3 is 2.67 bits per heavy atom. The monoisotopic (exact) mass is 486 g/mol. The lowest BCUT2D eigenvalue weighted by atomic mass is 9.86. The Hall–Kier alpha value is -2.19. The van der Waals surface area contributed by atoms with Crippen molar-refractivity contribution in [1.29, 1.82) is 0 Å². The molecule has 3 aromatic rings. The first-order valence-corrected chi connectivity index (χ1v) is 12.1. The first-order valence-electron chi connectivity index (χ1n) is 11.4. The van der Waals surface area contributed by atoms with Crippen molar-refractivity contribution < 1.29 is 4.74 Å². The van der Waals surface area contributed by atoms with Gasteiger partial charge in [0.15, 0.2) is 5.15 Å². The van der Waals surface area contributed by atoms with Gasteiger partial charge in [-0.15, -0.1) is 0 Å². The molecular formula is C24H28Cl2N6O. The molecule has 174 valence electrons. The number of benzene rings is 1. The molecule has 4 heterocycles. The third-order valence-corrected chi connectivity index (χ3v) is 7.58. The second-order valence-electron chi connectivity index (χ2n) is 9.18. The number of halogens is 2. The minimum Gasteiger partial charge on any atom is -0.377 e. The third kappa shape index (κ3) is 4.23. The Balaban J connectivity index is 1.36. The quantitative estimate of drug-likeness (QED) is 0.479. The van der Waals surface area contributed by atoms with Crippen molar-refractivity contribution in [2.75, 3.05) is 31.6 Å². The van der Waals surface area contributed by atoms with Crippen molar-refractivity contribution in [3.8, 4) is 0 Å². The van der Waals surface area contributed by atoms with Crippen LogP contribution in [0.15, 0.2) is 31.1 Å². The number of rotatable bonds is 6. The Bertz CT molecular complexity index is 1200. The fourth-order valence-corrected chi connectivity index (χ4v) is 5.24. The van der Waals surface area contributed by atoms with Crippen LogP contribution >= 0.6 is 23.2 Å². The van der Waals surface area contributed by atoms with Crippen LogP contribution in [-0.2, 0) is 4.74 Å². The molecule has 0 atom stereocenters. The molecule has 2 aliphatic rings. The highest BCUT2D eigenvalue weighted by Gasteiger charge is 2.41. The number of ether oxygens (including phenoxy) is 1. The van der Waals surface area contributed by atoms with Gasteiger partial charge in [0.25, 0.3) is 0 Å². The summed E-state index contributed by atoms with van der Waals surface area (Å²) in [6.07, 6.45) is 6.35. The number of nitrogens with one attached hydrogen (secondary N) is 1. The van der Waals surface area contributed by atoms with Gasteiger partial charge >= 0.3 is 0 Å². The van der Waals surface area contributed by atoms with Gasteiger partial charge in [0.1, 0.15) is 0 Å². The van der Waals surface area contributed by atoms with Gasteiger partial charge in [-0.2, -0.15) is 5.10 Å². The van der Waals surface area contributed by atoms with Crippen LogP contribution in [0.2, 0.25) is 10.2 Å². The molecule has 0 aliphatic carbocycles. The maximum atomic E-state index is 6.70. The minimum absolute atomic E-state index is 0.199. The van der Waals surface area contributed by atoms with Gasteiger partial charge in [0.2, 0.25) is 5.95 Å². The van der Waals surface area contributed by atoms with Gasteiger partial charge in [-0.3, -0.25) is 4.90 Å². The van der Waals surface area contributed by atoms with E-state index in [1.807, 2.05) is 13.0 Å². The predicted molar refractivity (Wildman–Crippen MR) is 133 cm³/mol. The van der Waals surface area contributed by atoms with Gasteiger partial charge in [-0.05, 0) is 62.9 Å². The lowest BCUT2D eigenvalue weighted by Gasteiger charge is -2.50. The van der Waals surface area contributed by atoms with E-state index < -0.39 is 0 Å². The van der Waals surface area contributed by atoms with Crippen molar-refractivity contribution >= 4 is 51.4 Å². The maximum absolute atomic E-state index is 6.70. The molecule has 5 rings (SSSR count). The summed E-state index contributed by atoms with van der Waals surface area (Å²) in [5.41, 5.74) is 3.67. The standard InChI is InChI=1S/C24H28Cl2N6O/c1-4-15(2)32-22(26)21(12-28-32)30-23-27-11-17-9-19(25)18(10-20(17)29-23)16-5-7-31(8-6-16)24(3)13-33-14-24/h9-12,16H,2,4-8,13-14H2,1,3H3,(H,27,29,30). The van der Waals surface area contributed by atoms with E-state index in [2.05, 4.69) is 39.9 Å². The lowest BCUT2D eigenvalue weighted by Crippen LogP contribution is -2.61. The van der Waals surface area contributed by atoms with Crippen molar-refractivity contribution in [1.82, 2.24) is 24.6 Å². The molecule has 0 bridgehead atoms. The van der Waals surface area contributed by atoms with E-state index in [4.69, 9.17) is 32.9 Å². The summed E-state index contributed by atoms with van der Waals surface area (Å²) in [4.78, 5) is 11.7. The average molecular weight is 487 g/mol. The number of likely N-dealkylation sites (tertiary alicyclic amines) is 1. The molecule has 2 aromatic heterocycles. The Kier molecular flexibility index (Phi) is 6.07. The number of piperidine rings is 1. The van der Waals surface area contributed by atoms with E-state index in [9.17, 15) is 0 Å². The molecule has 2 fully saturated rings. The van der Waals surface area contributed by atoms with Gasteiger partial charge in [-0.25, -0.2) is 14.6 Å². The van der Waals surface area contributed by atoms with Crippen molar-refractivity contribution in [3.63, 3.8) is 0 Å². The molecule has 7 nitrogen and oxygen atoms in total. The number of hydrogen-bond donors (Lipinski definition) is 1. The lowest BCUT2D eigenvalue weighted by molar-refractivity contribution is -0.136. The molecule has 0 unspecified atom stereocenters. The van der Waals surface area contributed by atoms with Gasteiger partial charge in [0.05, 0.1) is 36.2 Å². The van der Waals surface area contributed by atoms with Crippen LogP contribution in [0.5, 0.6) is 0 Å². The molecule has 0 radical (unpaired) electrons. The van der Waals surface area contributed by atoms with Crippen LogP contribution in [0.25, 0.3) is 16.6 Å². The normalized spacial score (nSPS) is 18.9. The number of allylic oxidation sites excluding steroid dienone is 1. The topological polar surface area (TPSA) is 68.1 Å².